The van der Waals surface area contributed by atoms with Gasteiger partial charge in [0.05, 0.1) is 23.7 Å². The third kappa shape index (κ3) is 3.46. The van der Waals surface area contributed by atoms with E-state index in [-0.39, 0.29) is 16.4 Å². The van der Waals surface area contributed by atoms with E-state index in [1.165, 1.54) is 11.5 Å². The normalized spacial score (nSPS) is 20.1. The Morgan fingerprint density at radius 1 is 1.29 bits per heavy atom. The summed E-state index contributed by atoms with van der Waals surface area (Å²) >= 11 is 1.25. The van der Waals surface area contributed by atoms with Crippen LogP contribution in [0.25, 0.3) is 21.1 Å². The van der Waals surface area contributed by atoms with Crippen molar-refractivity contribution in [3.8, 4) is 5.75 Å². The van der Waals surface area contributed by atoms with Crippen LogP contribution in [0, 0.1) is 5.92 Å². The van der Waals surface area contributed by atoms with E-state index in [1.54, 1.807) is 7.11 Å². The van der Waals surface area contributed by atoms with Gasteiger partial charge in [-0.3, -0.25) is 14.0 Å². The Hall–Kier alpha value is -2.32. The van der Waals surface area contributed by atoms with E-state index in [4.69, 9.17) is 4.74 Å². The molecular formula is C23H30N4O3S. The summed E-state index contributed by atoms with van der Waals surface area (Å²) in [5.74, 6) is 1.34. The number of pyridine rings is 1. The van der Waals surface area contributed by atoms with Crippen LogP contribution >= 0.6 is 11.5 Å². The number of anilines is 1. The van der Waals surface area contributed by atoms with Gasteiger partial charge in [-0.1, -0.05) is 6.92 Å². The van der Waals surface area contributed by atoms with E-state index in [9.17, 15) is 9.59 Å². The van der Waals surface area contributed by atoms with Crippen molar-refractivity contribution in [3.05, 3.63) is 32.7 Å². The maximum Gasteiger partial charge on any atom is 0.271 e. The SMILES string of the molecule is CCC(C)NC[C@@H]1CCN(c2ccc3c(=O)c4c(=O)[nH]sc4n(C4CC4)c3c2OC)C1. The van der Waals surface area contributed by atoms with Gasteiger partial charge < -0.3 is 19.5 Å². The first-order valence-corrected chi connectivity index (χ1v) is 12.1. The van der Waals surface area contributed by atoms with Gasteiger partial charge in [0, 0.05) is 25.2 Å². The number of nitrogens with one attached hydrogen (secondary N) is 2. The highest BCUT2D eigenvalue weighted by molar-refractivity contribution is 7.12. The van der Waals surface area contributed by atoms with Crippen LogP contribution in [0.4, 0.5) is 5.69 Å². The molecule has 2 aliphatic rings. The Morgan fingerprint density at radius 3 is 2.81 bits per heavy atom. The monoisotopic (exact) mass is 442 g/mol. The summed E-state index contributed by atoms with van der Waals surface area (Å²) in [6.07, 6.45) is 4.38. The molecule has 1 saturated carbocycles. The summed E-state index contributed by atoms with van der Waals surface area (Å²) in [5.41, 5.74) is 1.38. The molecule has 1 saturated heterocycles. The second-order valence-corrected chi connectivity index (χ2v) is 9.77. The van der Waals surface area contributed by atoms with E-state index in [2.05, 4.69) is 33.0 Å². The van der Waals surface area contributed by atoms with Crippen LogP contribution in [0.3, 0.4) is 0 Å². The Morgan fingerprint density at radius 2 is 2.10 bits per heavy atom. The first kappa shape index (κ1) is 20.6. The second kappa shape index (κ2) is 7.98. The average molecular weight is 443 g/mol. The van der Waals surface area contributed by atoms with Crippen molar-refractivity contribution < 1.29 is 4.74 Å². The molecule has 2 atom stereocenters. The summed E-state index contributed by atoms with van der Waals surface area (Å²) in [6.45, 7) is 7.40. The quantitative estimate of drug-likeness (QED) is 0.586. The van der Waals surface area contributed by atoms with E-state index in [0.717, 1.165) is 67.1 Å². The summed E-state index contributed by atoms with van der Waals surface area (Å²) in [6, 6.07) is 4.73. The van der Waals surface area contributed by atoms with Gasteiger partial charge in [0.15, 0.2) is 5.75 Å². The van der Waals surface area contributed by atoms with Crippen molar-refractivity contribution in [1.29, 1.82) is 0 Å². The molecule has 3 heterocycles. The zero-order valence-electron chi connectivity index (χ0n) is 18.4. The van der Waals surface area contributed by atoms with Crippen LogP contribution in [-0.2, 0) is 0 Å². The Kier molecular flexibility index (Phi) is 5.30. The van der Waals surface area contributed by atoms with E-state index in [1.807, 2.05) is 12.1 Å². The molecule has 166 valence electrons. The fourth-order valence-corrected chi connectivity index (χ4v) is 5.66. The first-order valence-electron chi connectivity index (χ1n) is 11.3. The lowest BCUT2D eigenvalue weighted by molar-refractivity contribution is 0.417. The molecule has 7 nitrogen and oxygen atoms in total. The Balaban J connectivity index is 1.60. The van der Waals surface area contributed by atoms with Crippen molar-refractivity contribution in [2.45, 2.75) is 51.6 Å². The van der Waals surface area contributed by atoms with Crippen molar-refractivity contribution in [2.75, 3.05) is 31.6 Å². The van der Waals surface area contributed by atoms with E-state index >= 15 is 0 Å². The van der Waals surface area contributed by atoms with Crippen LogP contribution in [0.2, 0.25) is 0 Å². The molecule has 0 bridgehead atoms. The molecular weight excluding hydrogens is 412 g/mol. The molecule has 5 rings (SSSR count). The number of hydrogen-bond acceptors (Lipinski definition) is 6. The number of rotatable bonds is 7. The van der Waals surface area contributed by atoms with E-state index < -0.39 is 0 Å². The predicted octanol–water partition coefficient (Wildman–Crippen LogP) is 3.46. The molecule has 2 aromatic heterocycles. The summed E-state index contributed by atoms with van der Waals surface area (Å²) in [5, 5.41) is 4.47. The molecule has 1 aliphatic heterocycles. The van der Waals surface area contributed by atoms with Crippen LogP contribution in [0.1, 0.15) is 45.6 Å². The van der Waals surface area contributed by atoms with Crippen LogP contribution in [0.5, 0.6) is 5.75 Å². The number of benzene rings is 1. The highest BCUT2D eigenvalue weighted by atomic mass is 32.1. The lowest BCUT2D eigenvalue weighted by Gasteiger charge is -2.24. The van der Waals surface area contributed by atoms with E-state index in [0.29, 0.717) is 23.4 Å². The highest BCUT2D eigenvalue weighted by Crippen LogP contribution is 2.45. The number of ether oxygens (including phenoxy) is 1. The van der Waals surface area contributed by atoms with Gasteiger partial charge in [0.2, 0.25) is 5.43 Å². The van der Waals surface area contributed by atoms with Crippen LogP contribution in [-0.4, -0.2) is 41.7 Å². The summed E-state index contributed by atoms with van der Waals surface area (Å²) < 4.78 is 10.9. The predicted molar refractivity (Wildman–Crippen MR) is 127 cm³/mol. The molecule has 2 fully saturated rings. The maximum absolute atomic E-state index is 13.2. The summed E-state index contributed by atoms with van der Waals surface area (Å²) in [7, 11) is 1.68. The van der Waals surface area contributed by atoms with Gasteiger partial charge in [0.25, 0.3) is 5.56 Å². The lowest BCUT2D eigenvalue weighted by atomic mass is 10.1. The number of nitrogens with zero attached hydrogens (tertiary/aromatic N) is 2. The second-order valence-electron chi connectivity index (χ2n) is 8.98. The maximum atomic E-state index is 13.2. The molecule has 8 heteroatoms. The minimum Gasteiger partial charge on any atom is -0.492 e. The number of aromatic amines is 1. The van der Waals surface area contributed by atoms with Gasteiger partial charge in [-0.15, -0.1) is 0 Å². The minimum atomic E-state index is -0.291. The summed E-state index contributed by atoms with van der Waals surface area (Å²) in [4.78, 5) is 28.6. The standard InChI is InChI=1S/C23H30N4O3S/c1-4-13(2)24-11-14-9-10-26(12-14)17-8-7-16-19(21(17)30-3)27(15-5-6-15)23-18(20(16)28)22(29)25-31-23/h7-8,13-15,24H,4-6,9-12H2,1-3H3,(H,25,29)/t13?,14-/m0/s1. The molecule has 0 amide bonds. The highest BCUT2D eigenvalue weighted by Gasteiger charge is 2.32. The van der Waals surface area contributed by atoms with Crippen molar-refractivity contribution in [2.24, 2.45) is 5.92 Å². The Labute approximate surface area is 185 Å². The molecule has 2 N–H and O–H groups in total. The fraction of sp³-hybridized carbons (Fsp3) is 0.565. The van der Waals surface area contributed by atoms with Crippen molar-refractivity contribution in [3.63, 3.8) is 0 Å². The van der Waals surface area contributed by atoms with Gasteiger partial charge in [-0.2, -0.15) is 0 Å². The average Bonchev–Trinajstić information content (AvgIpc) is 3.38. The fourth-order valence-electron chi connectivity index (χ4n) is 4.74. The molecule has 1 aromatic carbocycles. The Bertz CT molecular complexity index is 1240. The number of H-pyrrole nitrogens is 1. The van der Waals surface area contributed by atoms with Gasteiger partial charge in [0.1, 0.15) is 10.2 Å². The number of hydrogen-bond donors (Lipinski definition) is 2. The largest absolute Gasteiger partial charge is 0.492 e. The van der Waals surface area contributed by atoms with Crippen LogP contribution in [0.15, 0.2) is 21.7 Å². The van der Waals surface area contributed by atoms with Gasteiger partial charge >= 0.3 is 0 Å². The molecule has 0 spiro atoms. The van der Waals surface area contributed by atoms with Crippen LogP contribution < -0.4 is 25.9 Å². The lowest BCUT2D eigenvalue weighted by Crippen LogP contribution is -2.32. The van der Waals surface area contributed by atoms with Crippen molar-refractivity contribution in [1.82, 2.24) is 14.3 Å². The van der Waals surface area contributed by atoms with Gasteiger partial charge in [-0.25, -0.2) is 0 Å². The smallest absolute Gasteiger partial charge is 0.271 e. The minimum absolute atomic E-state index is 0.202. The first-order chi connectivity index (χ1) is 15.0. The third-order valence-corrected chi connectivity index (χ3v) is 7.72. The molecule has 0 radical (unpaired) electrons. The molecule has 31 heavy (non-hydrogen) atoms. The third-order valence-electron chi connectivity index (χ3n) is 6.83. The molecule has 1 aliphatic carbocycles. The number of fused-ring (bicyclic) bond motifs is 2. The zero-order chi connectivity index (χ0) is 21.7. The zero-order valence-corrected chi connectivity index (χ0v) is 19.2. The van der Waals surface area contributed by atoms with Crippen molar-refractivity contribution >= 4 is 38.3 Å². The molecule has 1 unspecified atom stereocenters. The molecule has 3 aromatic rings. The van der Waals surface area contributed by atoms with Gasteiger partial charge in [-0.05, 0) is 68.7 Å². The number of methoxy groups -OCH3 is 1. The number of aromatic nitrogens is 2. The topological polar surface area (TPSA) is 79.4 Å².